The maximum atomic E-state index is 11.8. The first-order valence-corrected chi connectivity index (χ1v) is 7.39. The predicted molar refractivity (Wildman–Crippen MR) is 73.1 cm³/mol. The lowest BCUT2D eigenvalue weighted by Gasteiger charge is -2.23. The van der Waals surface area contributed by atoms with Crippen LogP contribution in [0.25, 0.3) is 0 Å². The highest BCUT2D eigenvalue weighted by atomic mass is 16.6. The molecule has 5 nitrogen and oxygen atoms in total. The van der Waals surface area contributed by atoms with Crippen molar-refractivity contribution in [3.05, 3.63) is 0 Å². The van der Waals surface area contributed by atoms with Crippen LogP contribution in [0.1, 0.15) is 46.0 Å². The standard InChI is InChI=1S/C14H27NO4/c1-3-5-9-15(14(17)18-4-2)10-8-12-6-7-13(11-16)19-12/h12-13,16H,3-11H2,1-2H3. The quantitative estimate of drug-likeness (QED) is 0.736. The molecule has 0 aromatic heterocycles. The second-order valence-corrected chi connectivity index (χ2v) is 4.97. The van der Waals surface area contributed by atoms with Gasteiger partial charge in [-0.25, -0.2) is 4.79 Å². The molecule has 0 radical (unpaired) electrons. The van der Waals surface area contributed by atoms with Gasteiger partial charge in [0.1, 0.15) is 0 Å². The van der Waals surface area contributed by atoms with Crippen molar-refractivity contribution in [2.75, 3.05) is 26.3 Å². The Kier molecular flexibility index (Phi) is 7.82. The van der Waals surface area contributed by atoms with Crippen LogP contribution in [-0.2, 0) is 9.47 Å². The van der Waals surface area contributed by atoms with Crippen LogP contribution in [0.2, 0.25) is 0 Å². The van der Waals surface area contributed by atoms with Crippen molar-refractivity contribution in [3.63, 3.8) is 0 Å². The number of aliphatic hydroxyl groups excluding tert-OH is 1. The molecule has 1 aliphatic rings. The topological polar surface area (TPSA) is 59.0 Å². The summed E-state index contributed by atoms with van der Waals surface area (Å²) >= 11 is 0. The van der Waals surface area contributed by atoms with Gasteiger partial charge in [-0.3, -0.25) is 0 Å². The molecule has 1 aliphatic heterocycles. The van der Waals surface area contributed by atoms with Gasteiger partial charge >= 0.3 is 6.09 Å². The maximum Gasteiger partial charge on any atom is 0.409 e. The largest absolute Gasteiger partial charge is 0.450 e. The highest BCUT2D eigenvalue weighted by Gasteiger charge is 2.25. The van der Waals surface area contributed by atoms with Crippen molar-refractivity contribution in [2.45, 2.75) is 58.2 Å². The molecule has 0 aromatic rings. The van der Waals surface area contributed by atoms with Crippen molar-refractivity contribution in [1.82, 2.24) is 4.90 Å². The van der Waals surface area contributed by atoms with Crippen molar-refractivity contribution in [1.29, 1.82) is 0 Å². The Morgan fingerprint density at radius 2 is 2.05 bits per heavy atom. The summed E-state index contributed by atoms with van der Waals surface area (Å²) in [5.41, 5.74) is 0. The SMILES string of the molecule is CCCCN(CCC1CCC(CO)O1)C(=O)OCC. The summed E-state index contributed by atoms with van der Waals surface area (Å²) in [6, 6.07) is 0. The van der Waals surface area contributed by atoms with Crippen LogP contribution in [0.4, 0.5) is 4.79 Å². The molecule has 5 heteroatoms. The van der Waals surface area contributed by atoms with Crippen LogP contribution < -0.4 is 0 Å². The number of hydrogen-bond donors (Lipinski definition) is 1. The molecule has 0 aliphatic carbocycles. The Hall–Kier alpha value is -0.810. The van der Waals surface area contributed by atoms with E-state index in [1.54, 1.807) is 4.90 Å². The molecule has 0 bridgehead atoms. The summed E-state index contributed by atoms with van der Waals surface area (Å²) < 4.78 is 10.7. The van der Waals surface area contributed by atoms with Crippen molar-refractivity contribution in [3.8, 4) is 0 Å². The molecule has 1 amide bonds. The molecule has 1 rings (SSSR count). The molecule has 19 heavy (non-hydrogen) atoms. The fraction of sp³-hybridized carbons (Fsp3) is 0.929. The molecular weight excluding hydrogens is 246 g/mol. The number of aliphatic hydroxyl groups is 1. The van der Waals surface area contributed by atoms with E-state index >= 15 is 0 Å². The van der Waals surface area contributed by atoms with Crippen LogP contribution in [0.15, 0.2) is 0 Å². The molecule has 0 aromatic carbocycles. The molecule has 0 spiro atoms. The van der Waals surface area contributed by atoms with E-state index in [0.717, 1.165) is 38.6 Å². The van der Waals surface area contributed by atoms with Gasteiger partial charge in [0, 0.05) is 13.1 Å². The van der Waals surface area contributed by atoms with Gasteiger partial charge in [-0.05, 0) is 32.6 Å². The third-order valence-electron chi connectivity index (χ3n) is 3.43. The zero-order valence-corrected chi connectivity index (χ0v) is 12.1. The normalized spacial score (nSPS) is 22.5. The van der Waals surface area contributed by atoms with Gasteiger partial charge in [0.15, 0.2) is 0 Å². The van der Waals surface area contributed by atoms with E-state index in [0.29, 0.717) is 13.2 Å². The maximum absolute atomic E-state index is 11.8. The van der Waals surface area contributed by atoms with Gasteiger partial charge in [0.25, 0.3) is 0 Å². The number of carbonyl (C=O) groups is 1. The number of rotatable bonds is 8. The minimum atomic E-state index is -0.229. The summed E-state index contributed by atoms with van der Waals surface area (Å²) in [5, 5.41) is 9.03. The highest BCUT2D eigenvalue weighted by Crippen LogP contribution is 2.22. The summed E-state index contributed by atoms with van der Waals surface area (Å²) in [6.45, 7) is 5.84. The average Bonchev–Trinajstić information content (AvgIpc) is 2.87. The first-order valence-electron chi connectivity index (χ1n) is 7.39. The lowest BCUT2D eigenvalue weighted by atomic mass is 10.1. The van der Waals surface area contributed by atoms with Gasteiger partial charge in [-0.2, -0.15) is 0 Å². The van der Waals surface area contributed by atoms with Crippen LogP contribution in [-0.4, -0.2) is 54.6 Å². The van der Waals surface area contributed by atoms with E-state index in [4.69, 9.17) is 14.6 Å². The number of ether oxygens (including phenoxy) is 2. The fourth-order valence-electron chi connectivity index (χ4n) is 2.28. The van der Waals surface area contributed by atoms with Gasteiger partial charge in [0.05, 0.1) is 25.4 Å². The van der Waals surface area contributed by atoms with Crippen molar-refractivity contribution >= 4 is 6.09 Å². The van der Waals surface area contributed by atoms with Gasteiger partial charge < -0.3 is 19.5 Å². The van der Waals surface area contributed by atoms with Gasteiger partial charge in [0.2, 0.25) is 0 Å². The molecular formula is C14H27NO4. The monoisotopic (exact) mass is 273 g/mol. The molecule has 2 unspecified atom stereocenters. The molecule has 112 valence electrons. The molecule has 2 atom stereocenters. The Morgan fingerprint density at radius 3 is 2.63 bits per heavy atom. The van der Waals surface area contributed by atoms with Crippen molar-refractivity contribution in [2.24, 2.45) is 0 Å². The lowest BCUT2D eigenvalue weighted by Crippen LogP contribution is -2.35. The second kappa shape index (κ2) is 9.15. The van der Waals surface area contributed by atoms with Crippen molar-refractivity contribution < 1.29 is 19.4 Å². The number of hydrogen-bond acceptors (Lipinski definition) is 4. The molecule has 1 N–H and O–H groups in total. The summed E-state index contributed by atoms with van der Waals surface area (Å²) in [6.07, 6.45) is 4.66. The summed E-state index contributed by atoms with van der Waals surface area (Å²) in [7, 11) is 0. The minimum absolute atomic E-state index is 0.0170. The summed E-state index contributed by atoms with van der Waals surface area (Å²) in [4.78, 5) is 13.6. The fourth-order valence-corrected chi connectivity index (χ4v) is 2.28. The number of nitrogens with zero attached hydrogens (tertiary/aromatic N) is 1. The number of unbranched alkanes of at least 4 members (excludes halogenated alkanes) is 1. The smallest absolute Gasteiger partial charge is 0.409 e. The number of amides is 1. The molecule has 1 saturated heterocycles. The first kappa shape index (κ1) is 16.2. The second-order valence-electron chi connectivity index (χ2n) is 4.97. The lowest BCUT2D eigenvalue weighted by molar-refractivity contribution is 0.00446. The Bertz CT molecular complexity index is 260. The van der Waals surface area contributed by atoms with Crippen LogP contribution in [0.3, 0.4) is 0 Å². The Labute approximate surface area is 115 Å². The van der Waals surface area contributed by atoms with Gasteiger partial charge in [-0.1, -0.05) is 13.3 Å². The Balaban J connectivity index is 2.33. The van der Waals surface area contributed by atoms with Crippen LogP contribution in [0, 0.1) is 0 Å². The number of carbonyl (C=O) groups excluding carboxylic acids is 1. The predicted octanol–water partition coefficient (Wildman–Crippen LogP) is 2.17. The Morgan fingerprint density at radius 1 is 1.32 bits per heavy atom. The summed E-state index contributed by atoms with van der Waals surface area (Å²) in [5.74, 6) is 0. The first-order chi connectivity index (χ1) is 9.21. The molecule has 0 saturated carbocycles. The van der Waals surface area contributed by atoms with E-state index in [9.17, 15) is 4.79 Å². The third-order valence-corrected chi connectivity index (χ3v) is 3.43. The highest BCUT2D eigenvalue weighted by molar-refractivity contribution is 5.67. The molecule has 1 fully saturated rings. The zero-order chi connectivity index (χ0) is 14.1. The van der Waals surface area contributed by atoms with Crippen LogP contribution in [0.5, 0.6) is 0 Å². The van der Waals surface area contributed by atoms with Crippen LogP contribution >= 0.6 is 0 Å². The van der Waals surface area contributed by atoms with Gasteiger partial charge in [-0.15, -0.1) is 0 Å². The third kappa shape index (κ3) is 5.78. The van der Waals surface area contributed by atoms with E-state index in [1.807, 2.05) is 6.92 Å². The van der Waals surface area contributed by atoms with E-state index in [-0.39, 0.29) is 24.9 Å². The van der Waals surface area contributed by atoms with E-state index < -0.39 is 0 Å². The molecule has 1 heterocycles. The zero-order valence-electron chi connectivity index (χ0n) is 12.1. The average molecular weight is 273 g/mol. The van der Waals surface area contributed by atoms with E-state index in [2.05, 4.69) is 6.92 Å². The minimum Gasteiger partial charge on any atom is -0.450 e. The van der Waals surface area contributed by atoms with E-state index in [1.165, 1.54) is 0 Å².